The lowest BCUT2D eigenvalue weighted by Crippen LogP contribution is -2.12. The first-order valence-corrected chi connectivity index (χ1v) is 6.15. The van der Waals surface area contributed by atoms with Gasteiger partial charge in [-0.3, -0.25) is 14.9 Å². The largest absolute Gasteiger partial charge is 0.497 e. The van der Waals surface area contributed by atoms with Crippen molar-refractivity contribution in [2.75, 3.05) is 13.7 Å². The van der Waals surface area contributed by atoms with Crippen LogP contribution in [0.5, 0.6) is 11.5 Å². The molecule has 0 saturated carbocycles. The molecule has 0 radical (unpaired) electrons. The van der Waals surface area contributed by atoms with Crippen LogP contribution in [0.25, 0.3) is 0 Å². The van der Waals surface area contributed by atoms with Crippen molar-refractivity contribution >= 4 is 11.5 Å². The summed E-state index contributed by atoms with van der Waals surface area (Å²) in [6.45, 7) is -0.280. The Kier molecular flexibility index (Phi) is 4.50. The van der Waals surface area contributed by atoms with Crippen molar-refractivity contribution in [3.8, 4) is 11.5 Å². The lowest BCUT2D eigenvalue weighted by atomic mass is 10.1. The number of Topliss-reactive ketones (excluding diaryl/α,β-unsaturated/α-hetero) is 1. The molecule has 21 heavy (non-hydrogen) atoms. The Morgan fingerprint density at radius 2 is 1.90 bits per heavy atom. The molecule has 0 atom stereocenters. The van der Waals surface area contributed by atoms with Crippen LogP contribution in [0.3, 0.4) is 0 Å². The molecule has 0 heterocycles. The zero-order valence-electron chi connectivity index (χ0n) is 11.3. The van der Waals surface area contributed by atoms with Gasteiger partial charge in [-0.25, -0.2) is 0 Å². The minimum Gasteiger partial charge on any atom is -0.497 e. The fourth-order valence-electron chi connectivity index (χ4n) is 1.74. The molecule has 0 saturated heterocycles. The Morgan fingerprint density at radius 3 is 2.52 bits per heavy atom. The van der Waals surface area contributed by atoms with Gasteiger partial charge in [0, 0.05) is 17.7 Å². The fraction of sp³-hybridized carbons (Fsp3) is 0.133. The first-order valence-electron chi connectivity index (χ1n) is 6.15. The maximum atomic E-state index is 11.9. The Balaban J connectivity index is 2.15. The zero-order chi connectivity index (χ0) is 15.2. The number of ketones is 1. The number of methoxy groups -OCH3 is 1. The van der Waals surface area contributed by atoms with E-state index in [-0.39, 0.29) is 23.8 Å². The topological polar surface area (TPSA) is 78.7 Å². The van der Waals surface area contributed by atoms with Gasteiger partial charge < -0.3 is 9.47 Å². The number of nitro groups is 1. The molecule has 2 rings (SSSR count). The quantitative estimate of drug-likeness (QED) is 0.463. The second-order valence-electron chi connectivity index (χ2n) is 4.17. The third-order valence-electron chi connectivity index (χ3n) is 2.82. The van der Waals surface area contributed by atoms with Gasteiger partial charge in [-0.2, -0.15) is 0 Å². The normalized spacial score (nSPS) is 9.95. The van der Waals surface area contributed by atoms with Crippen LogP contribution in [0, 0.1) is 10.1 Å². The Bertz CT molecular complexity index is 654. The Labute approximate surface area is 121 Å². The first-order chi connectivity index (χ1) is 10.1. The number of rotatable bonds is 6. The van der Waals surface area contributed by atoms with E-state index in [4.69, 9.17) is 9.47 Å². The van der Waals surface area contributed by atoms with Crippen molar-refractivity contribution in [2.24, 2.45) is 0 Å². The van der Waals surface area contributed by atoms with Gasteiger partial charge in [0.2, 0.25) is 5.75 Å². The summed E-state index contributed by atoms with van der Waals surface area (Å²) in [4.78, 5) is 22.3. The molecule has 0 spiro atoms. The van der Waals surface area contributed by atoms with Crippen LogP contribution in [-0.2, 0) is 0 Å². The van der Waals surface area contributed by atoms with E-state index in [0.29, 0.717) is 11.3 Å². The summed E-state index contributed by atoms with van der Waals surface area (Å²) in [6.07, 6.45) is 0. The van der Waals surface area contributed by atoms with Gasteiger partial charge in [0.25, 0.3) is 0 Å². The van der Waals surface area contributed by atoms with Crippen LogP contribution in [0.1, 0.15) is 10.4 Å². The molecule has 0 bridgehead atoms. The molecule has 0 aliphatic carbocycles. The first kappa shape index (κ1) is 14.5. The van der Waals surface area contributed by atoms with Crippen molar-refractivity contribution in [3.05, 3.63) is 64.2 Å². The molecule has 2 aromatic rings. The second kappa shape index (κ2) is 6.51. The van der Waals surface area contributed by atoms with E-state index in [1.807, 2.05) is 0 Å². The molecular weight excluding hydrogens is 274 g/mol. The highest BCUT2D eigenvalue weighted by Gasteiger charge is 2.17. The number of nitrogens with zero attached hydrogens (tertiary/aromatic N) is 1. The highest BCUT2D eigenvalue weighted by atomic mass is 16.6. The van der Waals surface area contributed by atoms with Crippen LogP contribution >= 0.6 is 0 Å². The average Bonchev–Trinajstić information content (AvgIpc) is 2.52. The van der Waals surface area contributed by atoms with E-state index < -0.39 is 4.92 Å². The third kappa shape index (κ3) is 3.56. The predicted octanol–water partition coefficient (Wildman–Crippen LogP) is 2.87. The number of ether oxygens (including phenoxy) is 2. The molecule has 2 aromatic carbocycles. The van der Waals surface area contributed by atoms with Crippen molar-refractivity contribution in [1.29, 1.82) is 0 Å². The summed E-state index contributed by atoms with van der Waals surface area (Å²) < 4.78 is 10.3. The number of nitro benzene ring substituents is 1. The van der Waals surface area contributed by atoms with E-state index in [1.54, 1.807) is 30.3 Å². The molecule has 0 amide bonds. The van der Waals surface area contributed by atoms with Crippen LogP contribution in [-0.4, -0.2) is 24.4 Å². The van der Waals surface area contributed by atoms with Gasteiger partial charge in [0.15, 0.2) is 12.4 Å². The number of hydrogen-bond acceptors (Lipinski definition) is 5. The van der Waals surface area contributed by atoms with Gasteiger partial charge in [-0.15, -0.1) is 0 Å². The van der Waals surface area contributed by atoms with Gasteiger partial charge in [0.05, 0.1) is 12.0 Å². The molecule has 0 fully saturated rings. The fourth-order valence-corrected chi connectivity index (χ4v) is 1.74. The monoisotopic (exact) mass is 287 g/mol. The summed E-state index contributed by atoms with van der Waals surface area (Å²) in [7, 11) is 1.44. The van der Waals surface area contributed by atoms with E-state index in [2.05, 4.69) is 0 Å². The van der Waals surface area contributed by atoms with Gasteiger partial charge >= 0.3 is 5.69 Å². The second-order valence-corrected chi connectivity index (χ2v) is 4.17. The van der Waals surface area contributed by atoms with E-state index >= 15 is 0 Å². The van der Waals surface area contributed by atoms with Crippen molar-refractivity contribution in [2.45, 2.75) is 0 Å². The lowest BCUT2D eigenvalue weighted by molar-refractivity contribution is -0.385. The van der Waals surface area contributed by atoms with Crippen LogP contribution in [0.2, 0.25) is 0 Å². The summed E-state index contributed by atoms with van der Waals surface area (Å²) in [5, 5.41) is 10.9. The highest BCUT2D eigenvalue weighted by molar-refractivity contribution is 5.97. The van der Waals surface area contributed by atoms with Crippen molar-refractivity contribution in [1.82, 2.24) is 0 Å². The van der Waals surface area contributed by atoms with E-state index in [0.717, 1.165) is 0 Å². The van der Waals surface area contributed by atoms with Gasteiger partial charge in [-0.05, 0) is 6.07 Å². The minimum absolute atomic E-state index is 0.00336. The maximum Gasteiger partial charge on any atom is 0.311 e. The maximum absolute atomic E-state index is 11.9. The molecule has 0 aromatic heterocycles. The number of carbonyl (C=O) groups is 1. The Morgan fingerprint density at radius 1 is 1.19 bits per heavy atom. The predicted molar refractivity (Wildman–Crippen MR) is 75.9 cm³/mol. The number of carbonyl (C=O) groups excluding carboxylic acids is 1. The lowest BCUT2D eigenvalue weighted by Gasteiger charge is -2.08. The number of hydrogen-bond donors (Lipinski definition) is 0. The SMILES string of the molecule is COc1ccc([N+](=O)[O-])c(OCC(=O)c2ccccc2)c1. The van der Waals surface area contributed by atoms with Gasteiger partial charge in [-0.1, -0.05) is 30.3 Å². The average molecular weight is 287 g/mol. The van der Waals surface area contributed by atoms with Crippen molar-refractivity contribution in [3.63, 3.8) is 0 Å². The van der Waals surface area contributed by atoms with E-state index in [1.165, 1.54) is 25.3 Å². The molecule has 0 aliphatic heterocycles. The summed E-state index contributed by atoms with van der Waals surface area (Å²) in [5.74, 6) is 0.166. The molecule has 6 nitrogen and oxygen atoms in total. The van der Waals surface area contributed by atoms with E-state index in [9.17, 15) is 14.9 Å². The zero-order valence-corrected chi connectivity index (χ0v) is 11.3. The van der Waals surface area contributed by atoms with Gasteiger partial charge in [0.1, 0.15) is 5.75 Å². The smallest absolute Gasteiger partial charge is 0.311 e. The molecule has 0 unspecified atom stereocenters. The Hall–Kier alpha value is -2.89. The summed E-state index contributed by atoms with van der Waals surface area (Å²) >= 11 is 0. The van der Waals surface area contributed by atoms with Crippen molar-refractivity contribution < 1.29 is 19.2 Å². The molecule has 0 N–H and O–H groups in total. The highest BCUT2D eigenvalue weighted by Crippen LogP contribution is 2.31. The van der Waals surface area contributed by atoms with Crippen LogP contribution in [0.4, 0.5) is 5.69 Å². The molecule has 108 valence electrons. The summed E-state index contributed by atoms with van der Waals surface area (Å²) in [5.41, 5.74) is 0.278. The molecule has 0 aliphatic rings. The standard InChI is InChI=1S/C15H13NO5/c1-20-12-7-8-13(16(18)19)15(9-12)21-10-14(17)11-5-3-2-4-6-11/h2-9H,10H2,1H3. The van der Waals surface area contributed by atoms with Crippen LogP contribution < -0.4 is 9.47 Å². The van der Waals surface area contributed by atoms with Crippen LogP contribution in [0.15, 0.2) is 48.5 Å². The molecular formula is C15H13NO5. The number of benzene rings is 2. The summed E-state index contributed by atoms with van der Waals surface area (Å²) in [6, 6.07) is 12.7. The molecule has 6 heteroatoms. The minimum atomic E-state index is -0.568. The third-order valence-corrected chi connectivity index (χ3v) is 2.82.